The fourth-order valence-corrected chi connectivity index (χ4v) is 2.57. The Bertz CT molecular complexity index is 231. The van der Waals surface area contributed by atoms with Crippen LogP contribution in [0.1, 0.15) is 46.0 Å². The fourth-order valence-electron chi connectivity index (χ4n) is 2.57. The summed E-state index contributed by atoms with van der Waals surface area (Å²) < 4.78 is 0. The minimum absolute atomic E-state index is 0.660. The summed E-state index contributed by atoms with van der Waals surface area (Å²) in [7, 11) is 4.29. The number of rotatable bonds is 6. The second-order valence-electron chi connectivity index (χ2n) is 5.89. The van der Waals surface area contributed by atoms with Gasteiger partial charge in [-0.2, -0.15) is 0 Å². The molecule has 0 heterocycles. The van der Waals surface area contributed by atoms with Crippen LogP contribution in [0, 0.1) is 5.92 Å². The van der Waals surface area contributed by atoms with Crippen molar-refractivity contribution >= 4 is 0 Å². The highest BCUT2D eigenvalue weighted by molar-refractivity contribution is 5.14. The van der Waals surface area contributed by atoms with E-state index in [1.54, 1.807) is 5.57 Å². The van der Waals surface area contributed by atoms with Crippen LogP contribution in [0.4, 0.5) is 0 Å². The van der Waals surface area contributed by atoms with E-state index in [9.17, 15) is 0 Å². The van der Waals surface area contributed by atoms with Gasteiger partial charge >= 0.3 is 0 Å². The van der Waals surface area contributed by atoms with Gasteiger partial charge in [-0.1, -0.05) is 31.9 Å². The topological polar surface area (TPSA) is 15.3 Å². The molecule has 0 aliphatic heterocycles. The van der Waals surface area contributed by atoms with Gasteiger partial charge in [-0.15, -0.1) is 0 Å². The van der Waals surface area contributed by atoms with E-state index in [-0.39, 0.29) is 0 Å². The smallest absolute Gasteiger partial charge is 0.0279 e. The van der Waals surface area contributed by atoms with Crippen molar-refractivity contribution in [2.75, 3.05) is 27.2 Å². The van der Waals surface area contributed by atoms with E-state index in [0.29, 0.717) is 12.0 Å². The van der Waals surface area contributed by atoms with E-state index in [4.69, 9.17) is 0 Å². The van der Waals surface area contributed by atoms with Crippen molar-refractivity contribution in [1.82, 2.24) is 10.2 Å². The van der Waals surface area contributed by atoms with Crippen molar-refractivity contribution < 1.29 is 0 Å². The highest BCUT2D eigenvalue weighted by atomic mass is 15.1. The quantitative estimate of drug-likeness (QED) is 0.565. The van der Waals surface area contributed by atoms with Gasteiger partial charge in [-0.05, 0) is 58.8 Å². The summed E-state index contributed by atoms with van der Waals surface area (Å²) in [4.78, 5) is 2.26. The lowest BCUT2D eigenvalue weighted by molar-refractivity contribution is 0.379. The minimum Gasteiger partial charge on any atom is -0.310 e. The molecule has 2 nitrogen and oxygen atoms in total. The maximum atomic E-state index is 3.74. The predicted molar refractivity (Wildman–Crippen MR) is 76.4 cm³/mol. The minimum atomic E-state index is 0.660. The highest BCUT2D eigenvalue weighted by Crippen LogP contribution is 2.24. The first-order valence-corrected chi connectivity index (χ1v) is 7.18. The van der Waals surface area contributed by atoms with Crippen LogP contribution in [0.3, 0.4) is 0 Å². The molecule has 0 aromatic heterocycles. The summed E-state index contributed by atoms with van der Waals surface area (Å²) in [6, 6.07) is 0.660. The fraction of sp³-hybridized carbons (Fsp3) is 0.867. The first kappa shape index (κ1) is 14.7. The zero-order chi connectivity index (χ0) is 12.7. The van der Waals surface area contributed by atoms with Gasteiger partial charge in [0.2, 0.25) is 0 Å². The van der Waals surface area contributed by atoms with E-state index in [1.807, 2.05) is 0 Å². The zero-order valence-corrected chi connectivity index (χ0v) is 12.1. The number of hydrogen-bond acceptors (Lipinski definition) is 2. The molecule has 1 saturated carbocycles. The molecule has 1 fully saturated rings. The molecule has 0 aromatic rings. The number of allylic oxidation sites excluding steroid dienone is 1. The Kier molecular flexibility index (Phi) is 6.83. The lowest BCUT2D eigenvalue weighted by Crippen LogP contribution is -2.35. The van der Waals surface area contributed by atoms with E-state index < -0.39 is 0 Å². The van der Waals surface area contributed by atoms with Gasteiger partial charge in [0.15, 0.2) is 0 Å². The van der Waals surface area contributed by atoms with Crippen molar-refractivity contribution in [3.63, 3.8) is 0 Å². The van der Waals surface area contributed by atoms with Crippen molar-refractivity contribution in [2.45, 2.75) is 52.0 Å². The number of hydrogen-bond donors (Lipinski definition) is 1. The molecule has 17 heavy (non-hydrogen) atoms. The largest absolute Gasteiger partial charge is 0.310 e. The highest BCUT2D eigenvalue weighted by Gasteiger charge is 2.17. The van der Waals surface area contributed by atoms with Crippen LogP contribution in [0.2, 0.25) is 0 Å². The Morgan fingerprint density at radius 3 is 2.76 bits per heavy atom. The summed E-state index contributed by atoms with van der Waals surface area (Å²) in [6.07, 6.45) is 9.14. The van der Waals surface area contributed by atoms with Crippen LogP contribution in [0.5, 0.6) is 0 Å². The molecule has 0 bridgehead atoms. The SMILES string of the molecule is CC(C)C=C1CCCC[C@H]1NCCCN(C)C. The van der Waals surface area contributed by atoms with E-state index in [1.165, 1.54) is 38.6 Å². The molecule has 1 rings (SSSR count). The normalized spacial score (nSPS) is 23.9. The monoisotopic (exact) mass is 238 g/mol. The molecule has 1 N–H and O–H groups in total. The molecule has 0 saturated heterocycles. The standard InChI is InChI=1S/C15H30N2/c1-13(2)12-14-8-5-6-9-15(14)16-10-7-11-17(3)4/h12-13,15-16H,5-11H2,1-4H3/t15-/m1/s1. The van der Waals surface area contributed by atoms with E-state index in [2.05, 4.69) is 44.2 Å². The van der Waals surface area contributed by atoms with Crippen LogP contribution in [-0.4, -0.2) is 38.1 Å². The second kappa shape index (κ2) is 7.88. The van der Waals surface area contributed by atoms with Gasteiger partial charge < -0.3 is 10.2 Å². The molecule has 100 valence electrons. The predicted octanol–water partition coefficient (Wildman–Crippen LogP) is 3.05. The van der Waals surface area contributed by atoms with Gasteiger partial charge in [0.1, 0.15) is 0 Å². The van der Waals surface area contributed by atoms with E-state index >= 15 is 0 Å². The van der Waals surface area contributed by atoms with Crippen molar-refractivity contribution in [3.05, 3.63) is 11.6 Å². The molecule has 0 unspecified atom stereocenters. The molecule has 2 heteroatoms. The molecule has 1 aliphatic carbocycles. The molecule has 1 aliphatic rings. The summed E-state index contributed by atoms with van der Waals surface area (Å²) in [6.45, 7) is 6.90. The third kappa shape index (κ3) is 6.23. The van der Waals surface area contributed by atoms with Gasteiger partial charge in [-0.3, -0.25) is 0 Å². The van der Waals surface area contributed by atoms with Gasteiger partial charge in [0.25, 0.3) is 0 Å². The Morgan fingerprint density at radius 1 is 1.35 bits per heavy atom. The lowest BCUT2D eigenvalue weighted by atomic mass is 9.88. The first-order chi connectivity index (χ1) is 8.09. The maximum Gasteiger partial charge on any atom is 0.0279 e. The van der Waals surface area contributed by atoms with Crippen molar-refractivity contribution in [2.24, 2.45) is 5.92 Å². The van der Waals surface area contributed by atoms with Crippen LogP contribution in [-0.2, 0) is 0 Å². The van der Waals surface area contributed by atoms with Crippen molar-refractivity contribution in [1.29, 1.82) is 0 Å². The van der Waals surface area contributed by atoms with Gasteiger partial charge in [0.05, 0.1) is 0 Å². The molecule has 0 aromatic carbocycles. The van der Waals surface area contributed by atoms with Crippen LogP contribution in [0.15, 0.2) is 11.6 Å². The lowest BCUT2D eigenvalue weighted by Gasteiger charge is -2.27. The molecule has 1 atom stereocenters. The number of nitrogens with one attached hydrogen (secondary N) is 1. The maximum absolute atomic E-state index is 3.74. The summed E-state index contributed by atoms with van der Waals surface area (Å²) in [5, 5.41) is 3.74. The zero-order valence-electron chi connectivity index (χ0n) is 12.1. The Morgan fingerprint density at radius 2 is 2.12 bits per heavy atom. The third-order valence-corrected chi connectivity index (χ3v) is 3.38. The molecule has 0 amide bonds. The Balaban J connectivity index is 2.33. The van der Waals surface area contributed by atoms with Crippen LogP contribution >= 0.6 is 0 Å². The van der Waals surface area contributed by atoms with Crippen LogP contribution in [0.25, 0.3) is 0 Å². The first-order valence-electron chi connectivity index (χ1n) is 7.18. The third-order valence-electron chi connectivity index (χ3n) is 3.38. The molecular formula is C15H30N2. The summed E-state index contributed by atoms with van der Waals surface area (Å²) >= 11 is 0. The molecular weight excluding hydrogens is 208 g/mol. The summed E-state index contributed by atoms with van der Waals surface area (Å²) in [5.74, 6) is 0.689. The van der Waals surface area contributed by atoms with Gasteiger partial charge in [-0.25, -0.2) is 0 Å². The molecule has 0 radical (unpaired) electrons. The van der Waals surface area contributed by atoms with E-state index in [0.717, 1.165) is 6.54 Å². The van der Waals surface area contributed by atoms with Gasteiger partial charge in [0, 0.05) is 6.04 Å². The Hall–Kier alpha value is -0.340. The Labute approximate surface area is 107 Å². The second-order valence-corrected chi connectivity index (χ2v) is 5.89. The summed E-state index contributed by atoms with van der Waals surface area (Å²) in [5.41, 5.74) is 1.66. The van der Waals surface area contributed by atoms with Crippen LogP contribution < -0.4 is 5.32 Å². The number of nitrogens with zero attached hydrogens (tertiary/aromatic N) is 1. The molecule has 0 spiro atoms. The average molecular weight is 238 g/mol. The average Bonchev–Trinajstić information content (AvgIpc) is 2.25. The van der Waals surface area contributed by atoms with Crippen molar-refractivity contribution in [3.8, 4) is 0 Å².